The molecule has 5 heteroatoms. The van der Waals surface area contributed by atoms with E-state index in [2.05, 4.69) is 10.3 Å². The van der Waals surface area contributed by atoms with Crippen LogP contribution in [0.5, 0.6) is 5.75 Å². The summed E-state index contributed by atoms with van der Waals surface area (Å²) in [4.78, 5) is 15.0. The van der Waals surface area contributed by atoms with Gasteiger partial charge in [-0.1, -0.05) is 12.1 Å². The Labute approximate surface area is 117 Å². The number of hydrogen-bond donors (Lipinski definition) is 2. The number of carbonyl (C=O) groups excluding carboxylic acids is 1. The van der Waals surface area contributed by atoms with Crippen molar-refractivity contribution in [1.82, 2.24) is 4.98 Å². The van der Waals surface area contributed by atoms with Gasteiger partial charge in [0, 0.05) is 18.0 Å². The van der Waals surface area contributed by atoms with Crippen molar-refractivity contribution in [3.63, 3.8) is 0 Å². The maximum Gasteiger partial charge on any atom is 0.255 e. The van der Waals surface area contributed by atoms with Gasteiger partial charge in [-0.15, -0.1) is 0 Å². The zero-order valence-electron chi connectivity index (χ0n) is 11.2. The summed E-state index contributed by atoms with van der Waals surface area (Å²) in [6.07, 6.45) is 1.76. The molecule has 0 saturated carbocycles. The zero-order chi connectivity index (χ0) is 14.4. The van der Waals surface area contributed by atoms with Crippen LogP contribution in [0.15, 0.2) is 48.7 Å². The molecule has 3 N–H and O–H groups in total. The molecule has 1 aromatic heterocycles. The molecule has 0 saturated heterocycles. The number of primary amides is 1. The van der Waals surface area contributed by atoms with E-state index in [1.54, 1.807) is 12.3 Å². The van der Waals surface area contributed by atoms with Crippen LogP contribution in [0.1, 0.15) is 18.7 Å². The molecule has 0 aliphatic heterocycles. The van der Waals surface area contributed by atoms with Crippen LogP contribution in [0.25, 0.3) is 0 Å². The quantitative estimate of drug-likeness (QED) is 0.843. The summed E-state index contributed by atoms with van der Waals surface area (Å²) in [5.41, 5.74) is 6.90. The van der Waals surface area contributed by atoms with E-state index in [0.717, 1.165) is 11.4 Å². The maximum absolute atomic E-state index is 10.7. The Morgan fingerprint density at radius 3 is 2.90 bits per heavy atom. The Kier molecular flexibility index (Phi) is 4.55. The highest BCUT2D eigenvalue weighted by Gasteiger charge is 2.06. The number of aromatic nitrogens is 1. The van der Waals surface area contributed by atoms with Gasteiger partial charge in [-0.25, -0.2) is 0 Å². The van der Waals surface area contributed by atoms with Gasteiger partial charge in [-0.2, -0.15) is 0 Å². The van der Waals surface area contributed by atoms with Gasteiger partial charge in [0.05, 0.1) is 11.7 Å². The standard InChI is InChI=1S/C15H17N3O2/c1-11(14-7-2-3-8-17-14)18-12-5-4-6-13(9-12)20-10-15(16)19/h2-9,11,18H,10H2,1H3,(H2,16,19). The summed E-state index contributed by atoms with van der Waals surface area (Å²) in [7, 11) is 0. The van der Waals surface area contributed by atoms with Crippen LogP contribution in [-0.2, 0) is 4.79 Å². The van der Waals surface area contributed by atoms with Gasteiger partial charge in [-0.05, 0) is 31.2 Å². The van der Waals surface area contributed by atoms with Crippen molar-refractivity contribution in [2.75, 3.05) is 11.9 Å². The minimum absolute atomic E-state index is 0.0718. The lowest BCUT2D eigenvalue weighted by Gasteiger charge is -2.15. The van der Waals surface area contributed by atoms with Crippen LogP contribution >= 0.6 is 0 Å². The Hall–Kier alpha value is -2.56. The molecule has 1 unspecified atom stereocenters. The molecule has 0 spiro atoms. The first kappa shape index (κ1) is 13.9. The highest BCUT2D eigenvalue weighted by molar-refractivity contribution is 5.75. The van der Waals surface area contributed by atoms with Crippen molar-refractivity contribution in [2.45, 2.75) is 13.0 Å². The predicted molar refractivity (Wildman–Crippen MR) is 77.4 cm³/mol. The van der Waals surface area contributed by atoms with E-state index in [1.807, 2.05) is 43.3 Å². The molecule has 0 bridgehead atoms. The molecular formula is C15H17N3O2. The lowest BCUT2D eigenvalue weighted by Crippen LogP contribution is -2.20. The van der Waals surface area contributed by atoms with E-state index in [9.17, 15) is 4.79 Å². The first-order chi connectivity index (χ1) is 9.65. The Morgan fingerprint density at radius 2 is 2.20 bits per heavy atom. The minimum Gasteiger partial charge on any atom is -0.484 e. The summed E-state index contributed by atoms with van der Waals surface area (Å²) < 4.78 is 5.27. The molecule has 0 radical (unpaired) electrons. The molecule has 2 aromatic rings. The summed E-state index contributed by atoms with van der Waals surface area (Å²) in [5, 5.41) is 3.33. The van der Waals surface area contributed by atoms with Crippen LogP contribution < -0.4 is 15.8 Å². The fourth-order valence-corrected chi connectivity index (χ4v) is 1.79. The predicted octanol–water partition coefficient (Wildman–Crippen LogP) is 2.12. The van der Waals surface area contributed by atoms with Gasteiger partial charge in [0.15, 0.2) is 6.61 Å². The van der Waals surface area contributed by atoms with Crippen molar-refractivity contribution in [2.24, 2.45) is 5.73 Å². The summed E-state index contributed by atoms with van der Waals surface area (Å²) in [5.74, 6) is 0.104. The van der Waals surface area contributed by atoms with E-state index in [0.29, 0.717) is 5.75 Å². The number of nitrogens with zero attached hydrogens (tertiary/aromatic N) is 1. The van der Waals surface area contributed by atoms with Gasteiger partial charge < -0.3 is 15.8 Å². The van der Waals surface area contributed by atoms with E-state index in [4.69, 9.17) is 10.5 Å². The Balaban J connectivity index is 2.02. The Bertz CT molecular complexity index is 572. The van der Waals surface area contributed by atoms with Crippen LogP contribution in [0, 0.1) is 0 Å². The number of pyridine rings is 1. The lowest BCUT2D eigenvalue weighted by molar-refractivity contribution is -0.119. The molecule has 0 aliphatic carbocycles. The second kappa shape index (κ2) is 6.56. The fraction of sp³-hybridized carbons (Fsp3) is 0.200. The van der Waals surface area contributed by atoms with Crippen molar-refractivity contribution >= 4 is 11.6 Å². The van der Waals surface area contributed by atoms with Crippen LogP contribution in [-0.4, -0.2) is 17.5 Å². The first-order valence-electron chi connectivity index (χ1n) is 6.34. The summed E-state index contributed by atoms with van der Waals surface area (Å²) in [6, 6.07) is 13.2. The minimum atomic E-state index is -0.495. The van der Waals surface area contributed by atoms with Gasteiger partial charge in [-0.3, -0.25) is 9.78 Å². The largest absolute Gasteiger partial charge is 0.484 e. The number of ether oxygens (including phenoxy) is 1. The molecule has 0 fully saturated rings. The number of hydrogen-bond acceptors (Lipinski definition) is 4. The molecule has 1 heterocycles. The van der Waals surface area contributed by atoms with E-state index < -0.39 is 5.91 Å². The first-order valence-corrected chi connectivity index (χ1v) is 6.34. The fourth-order valence-electron chi connectivity index (χ4n) is 1.79. The number of amides is 1. The highest BCUT2D eigenvalue weighted by atomic mass is 16.5. The van der Waals surface area contributed by atoms with Gasteiger partial charge >= 0.3 is 0 Å². The van der Waals surface area contributed by atoms with Crippen molar-refractivity contribution in [3.8, 4) is 5.75 Å². The molecule has 1 aromatic carbocycles. The van der Waals surface area contributed by atoms with Crippen molar-refractivity contribution in [3.05, 3.63) is 54.4 Å². The second-order valence-corrected chi connectivity index (χ2v) is 4.40. The number of carbonyl (C=O) groups is 1. The monoisotopic (exact) mass is 271 g/mol. The van der Waals surface area contributed by atoms with Gasteiger partial charge in [0.1, 0.15) is 5.75 Å². The SMILES string of the molecule is CC(Nc1cccc(OCC(N)=O)c1)c1ccccn1. The number of nitrogens with one attached hydrogen (secondary N) is 1. The summed E-state index contributed by atoms with van der Waals surface area (Å²) >= 11 is 0. The molecule has 0 aliphatic rings. The van der Waals surface area contributed by atoms with Gasteiger partial charge in [0.2, 0.25) is 0 Å². The summed E-state index contributed by atoms with van der Waals surface area (Å²) in [6.45, 7) is 1.90. The van der Waals surface area contributed by atoms with E-state index in [-0.39, 0.29) is 12.6 Å². The third kappa shape index (κ3) is 3.98. The third-order valence-corrected chi connectivity index (χ3v) is 2.73. The lowest BCUT2D eigenvalue weighted by atomic mass is 10.2. The molecular weight excluding hydrogens is 254 g/mol. The zero-order valence-corrected chi connectivity index (χ0v) is 11.2. The molecule has 20 heavy (non-hydrogen) atoms. The normalized spacial score (nSPS) is 11.7. The molecule has 1 atom stereocenters. The molecule has 104 valence electrons. The Morgan fingerprint density at radius 1 is 1.35 bits per heavy atom. The third-order valence-electron chi connectivity index (χ3n) is 2.73. The second-order valence-electron chi connectivity index (χ2n) is 4.40. The average molecular weight is 271 g/mol. The van der Waals surface area contributed by atoms with E-state index >= 15 is 0 Å². The smallest absolute Gasteiger partial charge is 0.255 e. The highest BCUT2D eigenvalue weighted by Crippen LogP contribution is 2.21. The molecule has 1 amide bonds. The van der Waals surface area contributed by atoms with Gasteiger partial charge in [0.25, 0.3) is 5.91 Å². The molecule has 2 rings (SSSR count). The van der Waals surface area contributed by atoms with Crippen molar-refractivity contribution < 1.29 is 9.53 Å². The number of anilines is 1. The number of rotatable bonds is 6. The van der Waals surface area contributed by atoms with Crippen molar-refractivity contribution in [1.29, 1.82) is 0 Å². The van der Waals surface area contributed by atoms with E-state index in [1.165, 1.54) is 0 Å². The van der Waals surface area contributed by atoms with Crippen LogP contribution in [0.3, 0.4) is 0 Å². The molecule has 5 nitrogen and oxygen atoms in total. The number of benzene rings is 1. The van der Waals surface area contributed by atoms with Crippen LogP contribution in [0.2, 0.25) is 0 Å². The maximum atomic E-state index is 10.7. The van der Waals surface area contributed by atoms with Crippen LogP contribution in [0.4, 0.5) is 5.69 Å². The average Bonchev–Trinajstić information content (AvgIpc) is 2.46. The topological polar surface area (TPSA) is 77.2 Å². The number of nitrogens with two attached hydrogens (primary N) is 1.